The highest BCUT2D eigenvalue weighted by Crippen LogP contribution is 2.26. The third-order valence-corrected chi connectivity index (χ3v) is 4.32. The molecule has 0 radical (unpaired) electrons. The first-order valence-electron chi connectivity index (χ1n) is 8.11. The molecule has 0 aliphatic carbocycles. The highest BCUT2D eigenvalue weighted by Gasteiger charge is 2.38. The van der Waals surface area contributed by atoms with Crippen molar-refractivity contribution in [3.8, 4) is 0 Å². The fraction of sp³-hybridized carbons (Fsp3) is 0.389. The van der Waals surface area contributed by atoms with Crippen LogP contribution in [0.2, 0.25) is 0 Å². The molecule has 0 aromatic carbocycles. The molecular formula is C18H20FN3O2. The monoisotopic (exact) mass is 329 g/mol. The lowest BCUT2D eigenvalue weighted by molar-refractivity contribution is 0.0310. The van der Waals surface area contributed by atoms with Gasteiger partial charge < -0.3 is 9.64 Å². The van der Waals surface area contributed by atoms with Gasteiger partial charge in [-0.3, -0.25) is 14.8 Å². The van der Waals surface area contributed by atoms with Crippen LogP contribution in [0, 0.1) is 5.82 Å². The number of nitrogens with zero attached hydrogens (tertiary/aromatic N) is 3. The fourth-order valence-electron chi connectivity index (χ4n) is 3.19. The van der Waals surface area contributed by atoms with Crippen molar-refractivity contribution >= 4 is 5.91 Å². The Labute approximate surface area is 140 Å². The van der Waals surface area contributed by atoms with E-state index in [-0.39, 0.29) is 23.6 Å². The number of pyridine rings is 2. The molecule has 2 aromatic heterocycles. The molecule has 0 N–H and O–H groups in total. The van der Waals surface area contributed by atoms with Gasteiger partial charge in [-0.15, -0.1) is 0 Å². The third kappa shape index (κ3) is 3.43. The number of likely N-dealkylation sites (tertiary alicyclic amines) is 1. The topological polar surface area (TPSA) is 55.3 Å². The summed E-state index contributed by atoms with van der Waals surface area (Å²) < 4.78 is 19.8. The normalized spacial score (nSPS) is 20.3. The molecule has 6 heteroatoms. The lowest BCUT2D eigenvalue weighted by Gasteiger charge is -2.28. The van der Waals surface area contributed by atoms with Crippen LogP contribution in [0.5, 0.6) is 0 Å². The summed E-state index contributed by atoms with van der Waals surface area (Å²) in [6.07, 6.45) is 7.33. The quantitative estimate of drug-likeness (QED) is 0.846. The summed E-state index contributed by atoms with van der Waals surface area (Å²) in [6.45, 7) is 3.08. The number of halogens is 1. The van der Waals surface area contributed by atoms with Gasteiger partial charge in [0.1, 0.15) is 0 Å². The molecule has 0 spiro atoms. The maximum absolute atomic E-state index is 13.9. The smallest absolute Gasteiger partial charge is 0.257 e. The van der Waals surface area contributed by atoms with E-state index in [0.29, 0.717) is 19.6 Å². The second-order valence-electron chi connectivity index (χ2n) is 5.76. The van der Waals surface area contributed by atoms with E-state index < -0.39 is 5.82 Å². The zero-order valence-electron chi connectivity index (χ0n) is 13.6. The zero-order valence-corrected chi connectivity index (χ0v) is 13.6. The van der Waals surface area contributed by atoms with Gasteiger partial charge >= 0.3 is 0 Å². The van der Waals surface area contributed by atoms with E-state index in [1.807, 2.05) is 19.1 Å². The van der Waals surface area contributed by atoms with E-state index >= 15 is 0 Å². The SMILES string of the molecule is CCO[C@H]1CCN(C(=O)c2ccncc2F)[C@H]1Cc1ccncc1. The van der Waals surface area contributed by atoms with Crippen molar-refractivity contribution in [1.82, 2.24) is 14.9 Å². The van der Waals surface area contributed by atoms with Crippen molar-refractivity contribution in [3.63, 3.8) is 0 Å². The summed E-state index contributed by atoms with van der Waals surface area (Å²) in [5.41, 5.74) is 1.14. The minimum Gasteiger partial charge on any atom is -0.376 e. The number of aromatic nitrogens is 2. The summed E-state index contributed by atoms with van der Waals surface area (Å²) in [7, 11) is 0. The lowest BCUT2D eigenvalue weighted by atomic mass is 10.0. The van der Waals surface area contributed by atoms with Gasteiger partial charge in [-0.1, -0.05) is 0 Å². The Kier molecular flexibility index (Phi) is 5.15. The van der Waals surface area contributed by atoms with Crippen molar-refractivity contribution < 1.29 is 13.9 Å². The molecule has 1 aliphatic heterocycles. The Bertz CT molecular complexity index is 696. The molecule has 1 amide bonds. The highest BCUT2D eigenvalue weighted by atomic mass is 19.1. The number of rotatable bonds is 5. The average Bonchev–Trinajstić information content (AvgIpc) is 2.99. The van der Waals surface area contributed by atoms with Crippen molar-refractivity contribution in [2.45, 2.75) is 31.9 Å². The first-order valence-corrected chi connectivity index (χ1v) is 8.11. The summed E-state index contributed by atoms with van der Waals surface area (Å²) in [5, 5.41) is 0. The van der Waals surface area contributed by atoms with E-state index in [1.165, 1.54) is 12.3 Å². The average molecular weight is 329 g/mol. The first-order chi connectivity index (χ1) is 11.7. The second-order valence-corrected chi connectivity index (χ2v) is 5.76. The Hall–Kier alpha value is -2.34. The van der Waals surface area contributed by atoms with E-state index in [9.17, 15) is 9.18 Å². The predicted octanol–water partition coefficient (Wildman–Crippen LogP) is 2.48. The molecule has 0 bridgehead atoms. The van der Waals surface area contributed by atoms with E-state index in [4.69, 9.17) is 4.74 Å². The van der Waals surface area contributed by atoms with Gasteiger partial charge in [-0.2, -0.15) is 0 Å². The highest BCUT2D eigenvalue weighted by molar-refractivity contribution is 5.94. The van der Waals surface area contributed by atoms with Crippen LogP contribution < -0.4 is 0 Å². The second kappa shape index (κ2) is 7.49. The van der Waals surface area contributed by atoms with Crippen LogP contribution in [-0.2, 0) is 11.2 Å². The molecule has 3 heterocycles. The Morgan fingerprint density at radius 1 is 1.29 bits per heavy atom. The minimum atomic E-state index is -0.593. The van der Waals surface area contributed by atoms with E-state index in [1.54, 1.807) is 17.3 Å². The fourth-order valence-corrected chi connectivity index (χ4v) is 3.19. The lowest BCUT2D eigenvalue weighted by Crippen LogP contribution is -2.42. The molecule has 24 heavy (non-hydrogen) atoms. The number of hydrogen-bond donors (Lipinski definition) is 0. The maximum atomic E-state index is 13.9. The van der Waals surface area contributed by atoms with E-state index in [2.05, 4.69) is 9.97 Å². The summed E-state index contributed by atoms with van der Waals surface area (Å²) in [5.74, 6) is -0.902. The molecule has 1 aliphatic rings. The molecule has 0 unspecified atom stereocenters. The van der Waals surface area contributed by atoms with Crippen molar-refractivity contribution in [2.75, 3.05) is 13.2 Å². The van der Waals surface area contributed by atoms with Gasteiger partial charge in [0.2, 0.25) is 0 Å². The molecule has 126 valence electrons. The Balaban J connectivity index is 1.85. The first kappa shape index (κ1) is 16.5. The van der Waals surface area contributed by atoms with Crippen molar-refractivity contribution in [3.05, 3.63) is 59.9 Å². The van der Waals surface area contributed by atoms with Gasteiger partial charge in [0.25, 0.3) is 5.91 Å². The Morgan fingerprint density at radius 2 is 2.04 bits per heavy atom. The van der Waals surface area contributed by atoms with Crippen LogP contribution in [0.3, 0.4) is 0 Å². The van der Waals surface area contributed by atoms with Crippen LogP contribution in [-0.4, -0.2) is 46.1 Å². The number of amides is 1. The largest absolute Gasteiger partial charge is 0.376 e. The third-order valence-electron chi connectivity index (χ3n) is 4.32. The van der Waals surface area contributed by atoms with Crippen molar-refractivity contribution in [2.24, 2.45) is 0 Å². The van der Waals surface area contributed by atoms with E-state index in [0.717, 1.165) is 18.2 Å². The van der Waals surface area contributed by atoms with Crippen LogP contribution in [0.15, 0.2) is 43.0 Å². The number of carbonyl (C=O) groups excluding carboxylic acids is 1. The molecule has 5 nitrogen and oxygen atoms in total. The van der Waals surface area contributed by atoms with Gasteiger partial charge in [0, 0.05) is 31.7 Å². The van der Waals surface area contributed by atoms with Gasteiger partial charge in [0.05, 0.1) is 23.9 Å². The standard InChI is InChI=1S/C18H20FN3O2/c1-2-24-17-6-10-22(16(17)11-13-3-7-20-8-4-13)18(23)14-5-9-21-12-15(14)19/h3-5,7-9,12,16-17H,2,6,10-11H2,1H3/t16-,17-/m0/s1. The number of ether oxygens (including phenoxy) is 1. The summed E-state index contributed by atoms with van der Waals surface area (Å²) >= 11 is 0. The molecule has 3 rings (SSSR count). The summed E-state index contributed by atoms with van der Waals surface area (Å²) in [6, 6.07) is 5.16. The van der Waals surface area contributed by atoms with Gasteiger partial charge in [0.15, 0.2) is 5.82 Å². The van der Waals surface area contributed by atoms with Crippen LogP contribution in [0.25, 0.3) is 0 Å². The van der Waals surface area contributed by atoms with Crippen molar-refractivity contribution in [1.29, 1.82) is 0 Å². The molecule has 2 atom stereocenters. The number of carbonyl (C=O) groups is 1. The number of hydrogen-bond acceptors (Lipinski definition) is 4. The summed E-state index contributed by atoms with van der Waals surface area (Å²) in [4.78, 5) is 22.3. The van der Waals surface area contributed by atoms with Crippen LogP contribution in [0.4, 0.5) is 4.39 Å². The maximum Gasteiger partial charge on any atom is 0.257 e. The van der Waals surface area contributed by atoms with Crippen LogP contribution >= 0.6 is 0 Å². The van der Waals surface area contributed by atoms with Gasteiger partial charge in [-0.25, -0.2) is 4.39 Å². The van der Waals surface area contributed by atoms with Crippen LogP contribution in [0.1, 0.15) is 29.3 Å². The molecule has 2 aromatic rings. The Morgan fingerprint density at radius 3 is 2.75 bits per heavy atom. The molecule has 1 fully saturated rings. The molecule has 1 saturated heterocycles. The van der Waals surface area contributed by atoms with Gasteiger partial charge in [-0.05, 0) is 43.5 Å². The zero-order chi connectivity index (χ0) is 16.9. The minimum absolute atomic E-state index is 0.0444. The molecular weight excluding hydrogens is 309 g/mol. The predicted molar refractivity (Wildman–Crippen MR) is 87.0 cm³/mol. The molecule has 0 saturated carbocycles.